The number of rotatable bonds is 6. The van der Waals surface area contributed by atoms with Gasteiger partial charge in [-0.2, -0.15) is 48.3 Å². The van der Waals surface area contributed by atoms with E-state index in [0.29, 0.717) is 11.0 Å². The maximum absolute atomic E-state index is 15.4. The van der Waals surface area contributed by atoms with Gasteiger partial charge in [0.1, 0.15) is 5.82 Å². The van der Waals surface area contributed by atoms with Crippen molar-refractivity contribution >= 4 is 46.1 Å². The van der Waals surface area contributed by atoms with Crippen LogP contribution in [0.5, 0.6) is 0 Å². The van der Waals surface area contributed by atoms with E-state index in [4.69, 9.17) is 0 Å². The first-order valence-corrected chi connectivity index (χ1v) is 12.6. The Labute approximate surface area is 256 Å². The van der Waals surface area contributed by atoms with Crippen molar-refractivity contribution in [3.8, 4) is 0 Å². The molecule has 244 valence electrons. The second kappa shape index (κ2) is 11.9. The molecule has 0 radical (unpaired) electrons. The van der Waals surface area contributed by atoms with Gasteiger partial charge in [-0.25, -0.2) is 16.3 Å². The van der Waals surface area contributed by atoms with E-state index in [1.165, 1.54) is 12.1 Å². The molecule has 3 aromatic rings. The maximum Gasteiger partial charge on any atom is 0.457 e. The number of amides is 2. The Morgan fingerprint density at radius 2 is 1.22 bits per heavy atom. The van der Waals surface area contributed by atoms with Crippen molar-refractivity contribution in [3.05, 3.63) is 94.6 Å². The minimum absolute atomic E-state index is 0.0827. The quantitative estimate of drug-likeness (QED) is 0.142. The Morgan fingerprint density at radius 1 is 0.667 bits per heavy atom. The van der Waals surface area contributed by atoms with Crippen LogP contribution in [0, 0.1) is 11.6 Å². The molecule has 2 amide bonds. The monoisotopic (exact) mass is 778 g/mol. The first-order valence-electron chi connectivity index (χ1n) is 11.6. The summed E-state index contributed by atoms with van der Waals surface area (Å²) in [5.74, 6) is -12.7. The van der Waals surface area contributed by atoms with Crippen molar-refractivity contribution in [2.75, 3.05) is 15.1 Å². The van der Waals surface area contributed by atoms with Crippen LogP contribution in [0.15, 0.2) is 60.7 Å². The Kier molecular flexibility index (Phi) is 9.50. The smallest absolute Gasteiger partial charge is 0.309 e. The van der Waals surface area contributed by atoms with Crippen molar-refractivity contribution in [2.45, 2.75) is 30.1 Å². The van der Waals surface area contributed by atoms with E-state index in [0.717, 1.165) is 54.2 Å². The number of nitrogens with zero attached hydrogens (tertiary/aromatic N) is 2. The summed E-state index contributed by atoms with van der Waals surface area (Å²) in [6.07, 6.45) is -20.2. The van der Waals surface area contributed by atoms with Crippen molar-refractivity contribution in [2.24, 2.45) is 0 Å². The van der Waals surface area contributed by atoms with Gasteiger partial charge in [0.2, 0.25) is 0 Å². The molecular weight excluding hydrogens is 765 g/mol. The number of carbonyl (C=O) groups is 2. The summed E-state index contributed by atoms with van der Waals surface area (Å²) in [5.41, 5.74) is -15.8. The molecule has 1 unspecified atom stereocenters. The van der Waals surface area contributed by atoms with Crippen molar-refractivity contribution in [3.63, 3.8) is 0 Å². The van der Waals surface area contributed by atoms with Gasteiger partial charge in [0, 0.05) is 12.6 Å². The van der Waals surface area contributed by atoms with Gasteiger partial charge in [0.25, 0.3) is 11.8 Å². The summed E-state index contributed by atoms with van der Waals surface area (Å²) in [7, 11) is 0.949. The molecule has 3 rings (SSSR count). The number of alkyl halides is 12. The molecule has 0 saturated heterocycles. The summed E-state index contributed by atoms with van der Waals surface area (Å²) in [4.78, 5) is 26.3. The second-order valence-electron chi connectivity index (χ2n) is 9.03. The average Bonchev–Trinajstić information content (AvgIpc) is 2.93. The molecule has 0 saturated carbocycles. The van der Waals surface area contributed by atoms with Gasteiger partial charge in [-0.05, 0) is 36.4 Å². The molecule has 0 spiro atoms. The normalized spacial score (nSPS) is 14.1. The van der Waals surface area contributed by atoms with Crippen LogP contribution in [0.2, 0.25) is 0 Å². The summed E-state index contributed by atoms with van der Waals surface area (Å²) < 4.78 is 192. The Hall–Kier alpha value is -3.65. The molecule has 19 heteroatoms. The van der Waals surface area contributed by atoms with E-state index < -0.39 is 99.3 Å². The van der Waals surface area contributed by atoms with Crippen LogP contribution in [-0.4, -0.2) is 37.1 Å². The zero-order valence-electron chi connectivity index (χ0n) is 21.7. The Balaban J connectivity index is 2.14. The van der Waals surface area contributed by atoms with Crippen molar-refractivity contribution in [1.82, 2.24) is 0 Å². The van der Waals surface area contributed by atoms with Gasteiger partial charge in [-0.15, -0.1) is 0 Å². The largest absolute Gasteiger partial charge is 0.457 e. The number of anilines is 2. The Morgan fingerprint density at radius 3 is 1.73 bits per heavy atom. The third-order valence-electron chi connectivity index (χ3n) is 6.25. The van der Waals surface area contributed by atoms with Gasteiger partial charge < -0.3 is 4.90 Å². The fourth-order valence-corrected chi connectivity index (χ4v) is 4.63. The molecule has 0 fully saturated rings. The SMILES string of the molecule is CN(C(=O)c1ccccc1F)c1cccc(C(=O)N(I)c2ccc(C(F)(C(F)(F)F)C(F)(F)C(F)(F)F)cc2C(F)(F)F)c1F. The minimum atomic E-state index is -7.28. The number of hydrogen-bond donors (Lipinski definition) is 0. The first kappa shape index (κ1) is 35.8. The number of halogens is 15. The fourth-order valence-electron chi connectivity index (χ4n) is 3.95. The minimum Gasteiger partial charge on any atom is -0.309 e. The van der Waals surface area contributed by atoms with E-state index in [-0.39, 0.29) is 9.18 Å². The summed E-state index contributed by atoms with van der Waals surface area (Å²) in [6.45, 7) is 0. The molecule has 0 bridgehead atoms. The van der Waals surface area contributed by atoms with Crippen LogP contribution in [0.25, 0.3) is 0 Å². The molecule has 45 heavy (non-hydrogen) atoms. The highest BCUT2D eigenvalue weighted by molar-refractivity contribution is 14.1. The lowest BCUT2D eigenvalue weighted by Crippen LogP contribution is -2.59. The van der Waals surface area contributed by atoms with Crippen LogP contribution in [0.3, 0.4) is 0 Å². The predicted molar refractivity (Wildman–Crippen MR) is 138 cm³/mol. The van der Waals surface area contributed by atoms with Gasteiger partial charge >= 0.3 is 30.1 Å². The van der Waals surface area contributed by atoms with Crippen molar-refractivity contribution < 1.29 is 71.1 Å². The molecule has 3 aromatic carbocycles. The summed E-state index contributed by atoms with van der Waals surface area (Å²) in [5, 5.41) is 0. The van der Waals surface area contributed by atoms with Crippen LogP contribution in [0.1, 0.15) is 31.8 Å². The predicted octanol–water partition coefficient (Wildman–Crippen LogP) is 9.18. The molecule has 0 aliphatic carbocycles. The summed E-state index contributed by atoms with van der Waals surface area (Å²) >= 11 is 0.796. The number of hydrogen-bond acceptors (Lipinski definition) is 2. The first-order chi connectivity index (χ1) is 20.4. The third-order valence-corrected chi connectivity index (χ3v) is 7.21. The fraction of sp³-hybridized carbons (Fsp3) is 0.231. The van der Waals surface area contributed by atoms with Gasteiger partial charge in [-0.1, -0.05) is 24.3 Å². The molecule has 0 heterocycles. The van der Waals surface area contributed by atoms with Crippen LogP contribution >= 0.6 is 22.9 Å². The third kappa shape index (κ3) is 6.26. The zero-order valence-corrected chi connectivity index (χ0v) is 23.8. The highest BCUT2D eigenvalue weighted by Gasteiger charge is 2.81. The van der Waals surface area contributed by atoms with E-state index in [9.17, 15) is 66.7 Å². The van der Waals surface area contributed by atoms with E-state index in [2.05, 4.69) is 0 Å². The highest BCUT2D eigenvalue weighted by Crippen LogP contribution is 2.59. The standard InChI is InChI=1S/C26H13F14IN2O2/c1-42(20(44)13-5-2-3-7-16(13)27)18-8-4-6-14(19(18)28)21(45)43(41)17-10-9-12(11-15(17)23(30,31)32)22(29,25(35,36)37)24(33,34)26(38,39)40/h2-11H,1H3. The number of benzene rings is 3. The molecule has 0 N–H and O–H groups in total. The molecule has 0 aromatic heterocycles. The Bertz CT molecular complexity index is 1620. The van der Waals surface area contributed by atoms with Gasteiger partial charge in [0.15, 0.2) is 5.82 Å². The zero-order chi connectivity index (χ0) is 34.5. The van der Waals surface area contributed by atoms with E-state index >= 15 is 4.39 Å². The van der Waals surface area contributed by atoms with Crippen LogP contribution in [-0.2, 0) is 11.8 Å². The van der Waals surface area contributed by atoms with Gasteiger partial charge in [0.05, 0.1) is 50.9 Å². The second-order valence-corrected chi connectivity index (χ2v) is 9.99. The average molecular weight is 778 g/mol. The molecule has 0 aliphatic rings. The molecular formula is C26H13F14IN2O2. The van der Waals surface area contributed by atoms with Crippen molar-refractivity contribution in [1.29, 1.82) is 0 Å². The molecule has 4 nitrogen and oxygen atoms in total. The molecule has 1 atom stereocenters. The summed E-state index contributed by atoms with van der Waals surface area (Å²) in [6, 6.07) is 5.35. The van der Waals surface area contributed by atoms with Gasteiger partial charge in [-0.3, -0.25) is 9.59 Å². The number of carbonyl (C=O) groups excluding carboxylic acids is 2. The molecule has 0 aliphatic heterocycles. The lowest BCUT2D eigenvalue weighted by molar-refractivity contribution is -0.389. The van der Waals surface area contributed by atoms with Crippen LogP contribution < -0.4 is 8.01 Å². The lowest BCUT2D eigenvalue weighted by Gasteiger charge is -2.36. The van der Waals surface area contributed by atoms with E-state index in [1.807, 2.05) is 0 Å². The van der Waals surface area contributed by atoms with E-state index in [1.54, 1.807) is 0 Å². The van der Waals surface area contributed by atoms with Crippen LogP contribution in [0.4, 0.5) is 72.8 Å². The lowest BCUT2D eigenvalue weighted by atomic mass is 9.86. The maximum atomic E-state index is 15.4. The highest BCUT2D eigenvalue weighted by atomic mass is 127. The topological polar surface area (TPSA) is 40.6 Å².